The van der Waals surface area contributed by atoms with Crippen molar-refractivity contribution < 1.29 is 4.84 Å². The minimum Gasteiger partial charge on any atom is -0.399 e. The topological polar surface area (TPSA) is 65.2 Å². The van der Waals surface area contributed by atoms with E-state index in [1.807, 2.05) is 30.3 Å². The van der Waals surface area contributed by atoms with E-state index in [4.69, 9.17) is 4.84 Å². The second kappa shape index (κ2) is 4.52. The van der Waals surface area contributed by atoms with Gasteiger partial charge in [-0.25, -0.2) is 4.68 Å². The van der Waals surface area contributed by atoms with Crippen LogP contribution >= 0.6 is 0 Å². The highest BCUT2D eigenvalue weighted by Gasteiger charge is 2.13. The summed E-state index contributed by atoms with van der Waals surface area (Å²) in [7, 11) is 3.25. The third-order valence-electron chi connectivity index (χ3n) is 2.06. The van der Waals surface area contributed by atoms with Crippen molar-refractivity contribution in [3.8, 4) is 0 Å². The van der Waals surface area contributed by atoms with E-state index in [9.17, 15) is 0 Å². The van der Waals surface area contributed by atoms with Crippen LogP contribution in [0.15, 0.2) is 35.5 Å². The minimum absolute atomic E-state index is 0.563. The SMILES string of the molecule is CON=C(c1ccccc1)c1nnnn1C. The van der Waals surface area contributed by atoms with Gasteiger partial charge >= 0.3 is 0 Å². The van der Waals surface area contributed by atoms with E-state index < -0.39 is 0 Å². The Bertz CT molecular complexity index is 491. The summed E-state index contributed by atoms with van der Waals surface area (Å²) in [5.74, 6) is 0.563. The Balaban J connectivity index is 2.48. The number of aromatic nitrogens is 4. The average molecular weight is 217 g/mol. The van der Waals surface area contributed by atoms with E-state index in [1.54, 1.807) is 11.7 Å². The zero-order valence-electron chi connectivity index (χ0n) is 9.03. The first-order valence-electron chi connectivity index (χ1n) is 4.72. The van der Waals surface area contributed by atoms with Crippen LogP contribution in [0, 0.1) is 0 Å². The molecule has 0 saturated heterocycles. The molecule has 0 atom stereocenters. The van der Waals surface area contributed by atoms with E-state index in [0.717, 1.165) is 5.56 Å². The highest BCUT2D eigenvalue weighted by Crippen LogP contribution is 2.07. The second-order valence-electron chi connectivity index (χ2n) is 3.11. The maximum atomic E-state index is 4.82. The van der Waals surface area contributed by atoms with E-state index >= 15 is 0 Å². The van der Waals surface area contributed by atoms with Crippen LogP contribution in [0.3, 0.4) is 0 Å². The zero-order valence-corrected chi connectivity index (χ0v) is 9.03. The van der Waals surface area contributed by atoms with E-state index in [2.05, 4.69) is 20.7 Å². The standard InChI is InChI=1S/C10H11N5O/c1-15-10(11-13-14-15)9(12-16-2)8-6-4-3-5-7-8/h3-7H,1-2H3. The summed E-state index contributed by atoms with van der Waals surface area (Å²) in [6.45, 7) is 0. The fourth-order valence-corrected chi connectivity index (χ4v) is 1.34. The molecule has 0 aliphatic carbocycles. The fourth-order valence-electron chi connectivity index (χ4n) is 1.34. The summed E-state index contributed by atoms with van der Waals surface area (Å²) in [6.07, 6.45) is 0. The Kier molecular flexibility index (Phi) is 2.90. The van der Waals surface area contributed by atoms with Crippen molar-refractivity contribution in [2.45, 2.75) is 0 Å². The van der Waals surface area contributed by atoms with Crippen molar-refractivity contribution >= 4 is 5.71 Å². The monoisotopic (exact) mass is 217 g/mol. The molecule has 0 saturated carbocycles. The molecule has 6 heteroatoms. The molecule has 0 spiro atoms. The smallest absolute Gasteiger partial charge is 0.204 e. The van der Waals surface area contributed by atoms with Crippen molar-refractivity contribution in [1.29, 1.82) is 0 Å². The van der Waals surface area contributed by atoms with Crippen LogP contribution in [0.25, 0.3) is 0 Å². The van der Waals surface area contributed by atoms with Gasteiger partial charge in [-0.3, -0.25) is 0 Å². The van der Waals surface area contributed by atoms with Crippen molar-refractivity contribution in [2.75, 3.05) is 7.11 Å². The minimum atomic E-state index is 0.563. The summed E-state index contributed by atoms with van der Waals surface area (Å²) in [5, 5.41) is 15.2. The van der Waals surface area contributed by atoms with Gasteiger partial charge in [-0.15, -0.1) is 5.10 Å². The van der Waals surface area contributed by atoms with Crippen molar-refractivity contribution in [3.63, 3.8) is 0 Å². The third-order valence-corrected chi connectivity index (χ3v) is 2.06. The predicted molar refractivity (Wildman–Crippen MR) is 57.9 cm³/mol. The Morgan fingerprint density at radius 2 is 2.06 bits per heavy atom. The van der Waals surface area contributed by atoms with Gasteiger partial charge < -0.3 is 4.84 Å². The lowest BCUT2D eigenvalue weighted by atomic mass is 10.1. The number of oxime groups is 1. The van der Waals surface area contributed by atoms with Gasteiger partial charge in [0, 0.05) is 12.6 Å². The van der Waals surface area contributed by atoms with Crippen LogP contribution in [0.5, 0.6) is 0 Å². The number of rotatable bonds is 3. The molecule has 82 valence electrons. The normalized spacial score (nSPS) is 11.5. The number of tetrazole rings is 1. The van der Waals surface area contributed by atoms with Crippen molar-refractivity contribution in [1.82, 2.24) is 20.2 Å². The largest absolute Gasteiger partial charge is 0.399 e. The molecule has 0 aliphatic rings. The lowest BCUT2D eigenvalue weighted by molar-refractivity contribution is 0.213. The van der Waals surface area contributed by atoms with Crippen LogP contribution in [-0.2, 0) is 11.9 Å². The summed E-state index contributed by atoms with van der Waals surface area (Å²) < 4.78 is 1.55. The number of hydrogen-bond acceptors (Lipinski definition) is 5. The van der Waals surface area contributed by atoms with Crippen LogP contribution in [-0.4, -0.2) is 33.0 Å². The number of aryl methyl sites for hydroxylation is 1. The summed E-state index contributed by atoms with van der Waals surface area (Å²) >= 11 is 0. The fraction of sp³-hybridized carbons (Fsp3) is 0.200. The van der Waals surface area contributed by atoms with Gasteiger partial charge in [0.05, 0.1) is 0 Å². The summed E-state index contributed by atoms with van der Waals surface area (Å²) in [6, 6.07) is 9.62. The first-order chi connectivity index (χ1) is 7.83. The molecule has 0 aliphatic heterocycles. The van der Waals surface area contributed by atoms with E-state index in [1.165, 1.54) is 7.11 Å². The molecule has 1 heterocycles. The number of nitrogens with zero attached hydrogens (tertiary/aromatic N) is 5. The average Bonchev–Trinajstić information content (AvgIpc) is 2.73. The Hall–Kier alpha value is -2.24. The van der Waals surface area contributed by atoms with Crippen LogP contribution in [0.4, 0.5) is 0 Å². The molecule has 0 bridgehead atoms. The first kappa shape index (κ1) is 10.3. The number of benzene rings is 1. The molecule has 0 amide bonds. The highest BCUT2D eigenvalue weighted by atomic mass is 16.6. The molecule has 0 fully saturated rings. The van der Waals surface area contributed by atoms with Crippen LogP contribution in [0.1, 0.15) is 11.4 Å². The van der Waals surface area contributed by atoms with E-state index in [0.29, 0.717) is 11.5 Å². The van der Waals surface area contributed by atoms with Crippen LogP contribution in [0.2, 0.25) is 0 Å². The second-order valence-corrected chi connectivity index (χ2v) is 3.11. The van der Waals surface area contributed by atoms with Gasteiger partial charge in [-0.1, -0.05) is 35.5 Å². The molecule has 0 radical (unpaired) electrons. The summed E-state index contributed by atoms with van der Waals surface area (Å²) in [5.41, 5.74) is 1.51. The molecule has 1 aromatic heterocycles. The predicted octanol–water partition coefficient (Wildman–Crippen LogP) is 0.609. The van der Waals surface area contributed by atoms with Gasteiger partial charge in [-0.2, -0.15) is 0 Å². The highest BCUT2D eigenvalue weighted by molar-refractivity contribution is 6.10. The molecule has 2 aromatic rings. The van der Waals surface area contributed by atoms with Gasteiger partial charge in [0.15, 0.2) is 5.71 Å². The zero-order chi connectivity index (χ0) is 11.4. The Morgan fingerprint density at radius 1 is 1.31 bits per heavy atom. The lowest BCUT2D eigenvalue weighted by Crippen LogP contribution is -2.11. The summed E-state index contributed by atoms with van der Waals surface area (Å²) in [4.78, 5) is 4.82. The van der Waals surface area contributed by atoms with Gasteiger partial charge in [0.25, 0.3) is 0 Å². The number of hydrogen-bond donors (Lipinski definition) is 0. The first-order valence-corrected chi connectivity index (χ1v) is 4.72. The molecular formula is C10H11N5O. The molecule has 6 nitrogen and oxygen atoms in total. The van der Waals surface area contributed by atoms with Gasteiger partial charge in [0.1, 0.15) is 7.11 Å². The molecule has 0 N–H and O–H groups in total. The van der Waals surface area contributed by atoms with Crippen molar-refractivity contribution in [3.05, 3.63) is 41.7 Å². The Labute approximate surface area is 92.5 Å². The third kappa shape index (κ3) is 1.90. The lowest BCUT2D eigenvalue weighted by Gasteiger charge is -2.03. The van der Waals surface area contributed by atoms with Gasteiger partial charge in [0.2, 0.25) is 5.82 Å². The molecule has 2 rings (SSSR count). The molecular weight excluding hydrogens is 206 g/mol. The quantitative estimate of drug-likeness (QED) is 0.558. The molecule has 16 heavy (non-hydrogen) atoms. The molecule has 1 aromatic carbocycles. The molecule has 0 unspecified atom stereocenters. The van der Waals surface area contributed by atoms with Gasteiger partial charge in [-0.05, 0) is 10.4 Å². The Morgan fingerprint density at radius 3 is 2.62 bits per heavy atom. The van der Waals surface area contributed by atoms with Crippen LogP contribution < -0.4 is 0 Å². The van der Waals surface area contributed by atoms with Crippen molar-refractivity contribution in [2.24, 2.45) is 12.2 Å². The van der Waals surface area contributed by atoms with E-state index in [-0.39, 0.29) is 0 Å². The maximum Gasteiger partial charge on any atom is 0.204 e. The maximum absolute atomic E-state index is 4.82.